The molecule has 2 aromatic carbocycles. The predicted octanol–water partition coefficient (Wildman–Crippen LogP) is 4.03. The molecule has 1 N–H and O–H groups in total. The summed E-state index contributed by atoms with van der Waals surface area (Å²) in [5.74, 6) is 0.310. The number of benzene rings is 2. The number of carbonyl (C=O) groups is 2. The summed E-state index contributed by atoms with van der Waals surface area (Å²) in [6, 6.07) is 14.2. The number of anilines is 1. The van der Waals surface area contributed by atoms with E-state index in [2.05, 4.69) is 5.32 Å². The number of carbonyl (C=O) groups excluding carboxylic acids is 2. The molecule has 0 heterocycles. The zero-order chi connectivity index (χ0) is 27.0. The number of hydrogen-bond donors (Lipinski definition) is 1. The maximum absolute atomic E-state index is 13.5. The second kappa shape index (κ2) is 12.9. The zero-order valence-electron chi connectivity index (χ0n) is 22.3. The van der Waals surface area contributed by atoms with Gasteiger partial charge in [0, 0.05) is 25.6 Å². The first-order valence-corrected chi connectivity index (χ1v) is 14.7. The maximum Gasteiger partial charge on any atom is 0.242 e. The molecule has 3 rings (SSSR count). The van der Waals surface area contributed by atoms with Crippen LogP contribution in [0.1, 0.15) is 56.6 Å². The van der Waals surface area contributed by atoms with E-state index in [1.54, 1.807) is 25.0 Å². The standard InChI is InChI=1S/C28H39N3O5S/c1-21-10-7-14-25(18-21)31(37(4,34)35)17-9-16-27(32)30(20-23-11-8-15-26(19-23)36-3)22(2)28(33)29-24-12-5-6-13-24/h7-8,10-11,14-15,18-19,22,24H,5-6,9,12-13,16-17,20H2,1-4H3,(H,29,33). The highest BCUT2D eigenvalue weighted by Crippen LogP contribution is 2.22. The van der Waals surface area contributed by atoms with Crippen molar-refractivity contribution in [2.75, 3.05) is 24.2 Å². The molecule has 2 aromatic rings. The molecule has 0 bridgehead atoms. The lowest BCUT2D eigenvalue weighted by Gasteiger charge is -2.30. The van der Waals surface area contributed by atoms with Gasteiger partial charge in [-0.15, -0.1) is 0 Å². The second-order valence-electron chi connectivity index (χ2n) is 9.82. The number of aryl methyl sites for hydroxylation is 1. The Morgan fingerprint density at radius 3 is 2.46 bits per heavy atom. The average molecular weight is 530 g/mol. The Morgan fingerprint density at radius 1 is 1.11 bits per heavy atom. The first-order chi connectivity index (χ1) is 17.6. The van der Waals surface area contributed by atoms with Crippen LogP contribution in [-0.2, 0) is 26.2 Å². The van der Waals surface area contributed by atoms with Gasteiger partial charge in [0.05, 0.1) is 19.1 Å². The summed E-state index contributed by atoms with van der Waals surface area (Å²) in [6.45, 7) is 4.08. The quantitative estimate of drug-likeness (QED) is 0.448. The Kier molecular flexibility index (Phi) is 9.97. The lowest BCUT2D eigenvalue weighted by Crippen LogP contribution is -2.49. The van der Waals surface area contributed by atoms with E-state index in [1.165, 1.54) is 10.6 Å². The average Bonchev–Trinajstić information content (AvgIpc) is 3.37. The van der Waals surface area contributed by atoms with Crippen LogP contribution in [0.4, 0.5) is 5.69 Å². The van der Waals surface area contributed by atoms with Crippen LogP contribution >= 0.6 is 0 Å². The number of hydrogen-bond acceptors (Lipinski definition) is 5. The highest BCUT2D eigenvalue weighted by Gasteiger charge is 2.29. The van der Waals surface area contributed by atoms with Crippen molar-refractivity contribution in [1.29, 1.82) is 0 Å². The Morgan fingerprint density at radius 2 is 1.81 bits per heavy atom. The molecule has 9 heteroatoms. The first-order valence-electron chi connectivity index (χ1n) is 12.9. The van der Waals surface area contributed by atoms with Gasteiger partial charge in [-0.1, -0.05) is 37.1 Å². The van der Waals surface area contributed by atoms with Crippen LogP contribution in [0.5, 0.6) is 5.75 Å². The molecular formula is C28H39N3O5S. The lowest BCUT2D eigenvalue weighted by atomic mass is 10.1. The van der Waals surface area contributed by atoms with E-state index in [0.717, 1.165) is 36.8 Å². The van der Waals surface area contributed by atoms with E-state index in [-0.39, 0.29) is 37.4 Å². The normalized spacial score (nSPS) is 14.7. The van der Waals surface area contributed by atoms with E-state index < -0.39 is 16.1 Å². The molecular weight excluding hydrogens is 490 g/mol. The summed E-state index contributed by atoms with van der Waals surface area (Å²) < 4.78 is 31.6. The summed E-state index contributed by atoms with van der Waals surface area (Å²) >= 11 is 0. The molecule has 8 nitrogen and oxygen atoms in total. The number of rotatable bonds is 12. The number of nitrogens with one attached hydrogen (secondary N) is 1. The van der Waals surface area contributed by atoms with Gasteiger partial charge in [0.15, 0.2) is 0 Å². The maximum atomic E-state index is 13.5. The van der Waals surface area contributed by atoms with E-state index >= 15 is 0 Å². The van der Waals surface area contributed by atoms with Gasteiger partial charge in [-0.3, -0.25) is 13.9 Å². The Labute approximate surface area is 221 Å². The van der Waals surface area contributed by atoms with Gasteiger partial charge in [0.1, 0.15) is 11.8 Å². The zero-order valence-corrected chi connectivity index (χ0v) is 23.1. The summed E-state index contributed by atoms with van der Waals surface area (Å²) in [7, 11) is -1.94. The molecule has 1 saturated carbocycles. The smallest absolute Gasteiger partial charge is 0.242 e. The summed E-state index contributed by atoms with van der Waals surface area (Å²) in [4.78, 5) is 28.1. The number of amides is 2. The molecule has 0 radical (unpaired) electrons. The number of ether oxygens (including phenoxy) is 1. The minimum Gasteiger partial charge on any atom is -0.497 e. The van der Waals surface area contributed by atoms with Crippen molar-refractivity contribution in [2.24, 2.45) is 0 Å². The summed E-state index contributed by atoms with van der Waals surface area (Å²) in [5, 5.41) is 3.10. The molecule has 1 fully saturated rings. The Balaban J connectivity index is 1.73. The summed E-state index contributed by atoms with van der Waals surface area (Å²) in [5.41, 5.74) is 2.38. The van der Waals surface area contributed by atoms with Gasteiger partial charge in [0.25, 0.3) is 0 Å². The molecule has 1 unspecified atom stereocenters. The van der Waals surface area contributed by atoms with Crippen LogP contribution < -0.4 is 14.4 Å². The van der Waals surface area contributed by atoms with Gasteiger partial charge in [-0.2, -0.15) is 0 Å². The van der Waals surface area contributed by atoms with Crippen LogP contribution in [0.2, 0.25) is 0 Å². The Hall–Kier alpha value is -3.07. The molecule has 2 amide bonds. The van der Waals surface area contributed by atoms with Crippen LogP contribution in [0.3, 0.4) is 0 Å². The van der Waals surface area contributed by atoms with E-state index in [9.17, 15) is 18.0 Å². The number of sulfonamides is 1. The molecule has 0 aromatic heterocycles. The third kappa shape index (κ3) is 8.21. The molecule has 1 aliphatic carbocycles. The van der Waals surface area contributed by atoms with Crippen molar-refractivity contribution in [3.63, 3.8) is 0 Å². The highest BCUT2D eigenvalue weighted by atomic mass is 32.2. The molecule has 1 atom stereocenters. The van der Waals surface area contributed by atoms with Crippen LogP contribution in [0, 0.1) is 6.92 Å². The van der Waals surface area contributed by atoms with Gasteiger partial charge in [-0.05, 0) is 68.5 Å². The van der Waals surface area contributed by atoms with Crippen LogP contribution in [0.15, 0.2) is 48.5 Å². The van der Waals surface area contributed by atoms with Gasteiger partial charge >= 0.3 is 0 Å². The third-order valence-corrected chi connectivity index (χ3v) is 7.99. The fraction of sp³-hybridized carbons (Fsp3) is 0.500. The van der Waals surface area contributed by atoms with Crippen LogP contribution in [-0.4, -0.2) is 57.1 Å². The minimum absolute atomic E-state index is 0.114. The second-order valence-corrected chi connectivity index (χ2v) is 11.7. The molecule has 0 saturated heterocycles. The molecule has 202 valence electrons. The van der Waals surface area contributed by atoms with Crippen molar-refractivity contribution in [2.45, 2.75) is 71.0 Å². The number of nitrogens with zero attached hydrogens (tertiary/aromatic N) is 2. The fourth-order valence-electron chi connectivity index (χ4n) is 4.73. The highest BCUT2D eigenvalue weighted by molar-refractivity contribution is 7.92. The first kappa shape index (κ1) is 28.5. The largest absolute Gasteiger partial charge is 0.497 e. The SMILES string of the molecule is COc1cccc(CN(C(=O)CCCN(c2cccc(C)c2)S(C)(=O)=O)C(C)C(=O)NC2CCCC2)c1. The van der Waals surface area contributed by atoms with E-state index in [1.807, 2.05) is 49.4 Å². The molecule has 37 heavy (non-hydrogen) atoms. The molecule has 1 aliphatic rings. The van der Waals surface area contributed by atoms with E-state index in [4.69, 9.17) is 4.74 Å². The summed E-state index contributed by atoms with van der Waals surface area (Å²) in [6.07, 6.45) is 5.73. The van der Waals surface area contributed by atoms with Crippen LogP contribution in [0.25, 0.3) is 0 Å². The predicted molar refractivity (Wildman–Crippen MR) is 146 cm³/mol. The van der Waals surface area contributed by atoms with Crippen molar-refractivity contribution in [3.05, 3.63) is 59.7 Å². The van der Waals surface area contributed by atoms with Crippen molar-refractivity contribution in [3.8, 4) is 5.75 Å². The fourth-order valence-corrected chi connectivity index (χ4v) is 5.69. The van der Waals surface area contributed by atoms with Gasteiger partial charge in [0.2, 0.25) is 21.8 Å². The van der Waals surface area contributed by atoms with Crippen molar-refractivity contribution in [1.82, 2.24) is 10.2 Å². The van der Waals surface area contributed by atoms with Crippen molar-refractivity contribution < 1.29 is 22.7 Å². The third-order valence-electron chi connectivity index (χ3n) is 6.80. The lowest BCUT2D eigenvalue weighted by molar-refractivity contribution is -0.141. The molecule has 0 spiro atoms. The minimum atomic E-state index is -3.52. The van der Waals surface area contributed by atoms with Gasteiger partial charge in [-0.25, -0.2) is 8.42 Å². The number of methoxy groups -OCH3 is 1. The Bertz CT molecular complexity index is 1180. The topological polar surface area (TPSA) is 96.0 Å². The van der Waals surface area contributed by atoms with Gasteiger partial charge < -0.3 is 15.0 Å². The monoisotopic (exact) mass is 529 g/mol. The molecule has 0 aliphatic heterocycles. The van der Waals surface area contributed by atoms with E-state index in [0.29, 0.717) is 17.9 Å². The van der Waals surface area contributed by atoms with Crippen molar-refractivity contribution >= 4 is 27.5 Å².